The van der Waals surface area contributed by atoms with Crippen molar-refractivity contribution >= 4 is 34.4 Å². The summed E-state index contributed by atoms with van der Waals surface area (Å²) in [6, 6.07) is 13.0. The lowest BCUT2D eigenvalue weighted by Gasteiger charge is -2.26. The van der Waals surface area contributed by atoms with E-state index in [9.17, 15) is 24.6 Å². The average Bonchev–Trinajstić information content (AvgIpc) is 2.71. The number of rotatable bonds is 8. The van der Waals surface area contributed by atoms with Gasteiger partial charge in [-0.15, -0.1) is 0 Å². The predicted molar refractivity (Wildman–Crippen MR) is 111 cm³/mol. The lowest BCUT2D eigenvalue weighted by molar-refractivity contribution is -0.140. The van der Waals surface area contributed by atoms with E-state index in [-0.39, 0.29) is 41.2 Å². The number of benzene rings is 2. The Bertz CT molecular complexity index is 871. The van der Waals surface area contributed by atoms with Crippen LogP contribution in [0.5, 0.6) is 11.5 Å². The molecule has 2 rings (SSSR count). The van der Waals surface area contributed by atoms with Crippen LogP contribution in [0.2, 0.25) is 0 Å². The number of thioether (sulfide) groups is 1. The highest BCUT2D eigenvalue weighted by atomic mass is 32.2. The number of phenols is 2. The normalized spacial score (nSPS) is 11.5. The van der Waals surface area contributed by atoms with E-state index in [0.29, 0.717) is 11.3 Å². The molecule has 8 heteroatoms. The van der Waals surface area contributed by atoms with Gasteiger partial charge in [0.15, 0.2) is 16.6 Å². The van der Waals surface area contributed by atoms with Gasteiger partial charge in [0.2, 0.25) is 5.91 Å². The van der Waals surface area contributed by atoms with Crippen LogP contribution in [0.15, 0.2) is 48.5 Å². The number of ether oxygens (including phenoxy) is 1. The van der Waals surface area contributed by atoms with Gasteiger partial charge in [-0.25, -0.2) is 0 Å². The van der Waals surface area contributed by atoms with Crippen LogP contribution in [0.3, 0.4) is 0 Å². The van der Waals surface area contributed by atoms with Gasteiger partial charge in [0.05, 0.1) is 13.0 Å². The second-order valence-corrected chi connectivity index (χ2v) is 7.56. The minimum atomic E-state index is -0.641. The van der Waals surface area contributed by atoms with Gasteiger partial charge in [-0.2, -0.15) is 0 Å². The fourth-order valence-corrected chi connectivity index (χ4v) is 3.43. The summed E-state index contributed by atoms with van der Waals surface area (Å²) in [5.41, 5.74) is 1.16. The molecule has 154 valence electrons. The van der Waals surface area contributed by atoms with Crippen LogP contribution in [-0.2, 0) is 25.5 Å². The molecule has 0 saturated heterocycles. The molecule has 2 aromatic carbocycles. The first-order chi connectivity index (χ1) is 13.8. The molecule has 0 bridgehead atoms. The Labute approximate surface area is 173 Å². The molecule has 0 aliphatic heterocycles. The Morgan fingerprint density at radius 1 is 1.07 bits per heavy atom. The van der Waals surface area contributed by atoms with Crippen LogP contribution in [-0.4, -0.2) is 46.6 Å². The lowest BCUT2D eigenvalue weighted by Crippen LogP contribution is -2.41. The number of methoxy groups -OCH3 is 1. The molecule has 1 atom stereocenters. The minimum absolute atomic E-state index is 0.129. The average molecular weight is 417 g/mol. The van der Waals surface area contributed by atoms with Crippen molar-refractivity contribution in [2.45, 2.75) is 13.3 Å². The number of hydrogen-bond donors (Lipinski definition) is 2. The number of carbonyl (C=O) groups is 3. The Balaban J connectivity index is 2.33. The summed E-state index contributed by atoms with van der Waals surface area (Å²) >= 11 is 1.02. The second-order valence-electron chi connectivity index (χ2n) is 6.36. The third-order valence-corrected chi connectivity index (χ3v) is 5.18. The Hall–Kier alpha value is -3.00. The van der Waals surface area contributed by atoms with E-state index in [1.165, 1.54) is 31.1 Å². The SMILES string of the molecule is COC(=O)CN(C(=O)[C@H](CSC(C)=O)Cc1ccc(O)c(O)c1)c1ccccc1. The number of anilines is 1. The van der Waals surface area contributed by atoms with Gasteiger partial charge in [0, 0.05) is 18.4 Å². The molecule has 0 radical (unpaired) electrons. The Kier molecular flexibility index (Phi) is 8.09. The van der Waals surface area contributed by atoms with Crippen LogP contribution in [0.25, 0.3) is 0 Å². The summed E-state index contributed by atoms with van der Waals surface area (Å²) in [5.74, 6) is -1.89. The van der Waals surface area contributed by atoms with E-state index in [4.69, 9.17) is 4.74 Å². The van der Waals surface area contributed by atoms with Crippen LogP contribution >= 0.6 is 11.8 Å². The van der Waals surface area contributed by atoms with Gasteiger partial charge in [0.25, 0.3) is 0 Å². The number of amides is 1. The zero-order chi connectivity index (χ0) is 21.4. The van der Waals surface area contributed by atoms with Crippen molar-refractivity contribution in [3.63, 3.8) is 0 Å². The van der Waals surface area contributed by atoms with E-state index in [2.05, 4.69) is 0 Å². The van der Waals surface area contributed by atoms with Crippen molar-refractivity contribution in [3.05, 3.63) is 54.1 Å². The first-order valence-corrected chi connectivity index (χ1v) is 9.87. The van der Waals surface area contributed by atoms with Crippen LogP contribution < -0.4 is 4.90 Å². The van der Waals surface area contributed by atoms with E-state index < -0.39 is 11.9 Å². The molecule has 0 aliphatic rings. The maximum absolute atomic E-state index is 13.3. The monoisotopic (exact) mass is 417 g/mol. The molecule has 2 aromatic rings. The third kappa shape index (κ3) is 6.53. The van der Waals surface area contributed by atoms with Crippen molar-refractivity contribution in [2.24, 2.45) is 5.92 Å². The van der Waals surface area contributed by atoms with E-state index >= 15 is 0 Å². The molecule has 0 unspecified atom stereocenters. The molecule has 0 heterocycles. The summed E-state index contributed by atoms with van der Waals surface area (Å²) in [6.07, 6.45) is 0.220. The quantitative estimate of drug-likeness (QED) is 0.503. The molecular formula is C21H23NO6S. The molecule has 0 saturated carbocycles. The second kappa shape index (κ2) is 10.5. The molecule has 1 amide bonds. The molecule has 0 aliphatic carbocycles. The van der Waals surface area contributed by atoms with Gasteiger partial charge < -0.3 is 19.8 Å². The number of para-hydroxylation sites is 1. The molecule has 7 nitrogen and oxygen atoms in total. The molecule has 2 N–H and O–H groups in total. The van der Waals surface area contributed by atoms with Gasteiger partial charge in [-0.05, 0) is 36.2 Å². The largest absolute Gasteiger partial charge is 0.504 e. The number of aromatic hydroxyl groups is 2. The predicted octanol–water partition coefficient (Wildman–Crippen LogP) is 2.74. The van der Waals surface area contributed by atoms with E-state index in [0.717, 1.165) is 11.8 Å². The first-order valence-electron chi connectivity index (χ1n) is 8.89. The summed E-state index contributed by atoms with van der Waals surface area (Å²) in [7, 11) is 1.25. The standard InChI is InChI=1S/C21H23NO6S/c1-14(23)29-13-16(10-15-8-9-18(24)19(25)11-15)21(27)22(12-20(26)28-2)17-6-4-3-5-7-17/h3-9,11,16,24-25H,10,12-13H2,1-2H3/t16-/m0/s1. The Morgan fingerprint density at radius 3 is 2.34 bits per heavy atom. The maximum atomic E-state index is 13.3. The molecule has 0 aromatic heterocycles. The van der Waals surface area contributed by atoms with Crippen molar-refractivity contribution < 1.29 is 29.3 Å². The van der Waals surface area contributed by atoms with Crippen LogP contribution in [0.4, 0.5) is 5.69 Å². The van der Waals surface area contributed by atoms with Crippen molar-refractivity contribution in [2.75, 3.05) is 24.3 Å². The molecular weight excluding hydrogens is 394 g/mol. The smallest absolute Gasteiger partial charge is 0.325 e. The summed E-state index contributed by atoms with van der Waals surface area (Å²) < 4.78 is 4.72. The highest BCUT2D eigenvalue weighted by molar-refractivity contribution is 8.13. The van der Waals surface area contributed by atoms with Crippen LogP contribution in [0.1, 0.15) is 12.5 Å². The van der Waals surface area contributed by atoms with E-state index in [1.807, 2.05) is 0 Å². The van der Waals surface area contributed by atoms with Gasteiger partial charge in [-0.3, -0.25) is 14.4 Å². The van der Waals surface area contributed by atoms with Gasteiger partial charge in [-0.1, -0.05) is 36.0 Å². The number of hydrogen-bond acceptors (Lipinski definition) is 7. The number of nitrogens with zero attached hydrogens (tertiary/aromatic N) is 1. The molecule has 0 fully saturated rings. The Morgan fingerprint density at radius 2 is 1.76 bits per heavy atom. The summed E-state index contributed by atoms with van der Waals surface area (Å²) in [5, 5.41) is 19.1. The zero-order valence-corrected chi connectivity index (χ0v) is 17.0. The third-order valence-electron chi connectivity index (χ3n) is 4.21. The number of phenolic OH excluding ortho intramolecular Hbond substituents is 2. The lowest BCUT2D eigenvalue weighted by atomic mass is 9.98. The van der Waals surface area contributed by atoms with E-state index in [1.54, 1.807) is 36.4 Å². The fraction of sp³-hybridized carbons (Fsp3) is 0.286. The number of carbonyl (C=O) groups excluding carboxylic acids is 3. The fourth-order valence-electron chi connectivity index (χ4n) is 2.73. The summed E-state index contributed by atoms with van der Waals surface area (Å²) in [4.78, 5) is 38.0. The first kappa shape index (κ1) is 22.3. The van der Waals surface area contributed by atoms with Crippen molar-refractivity contribution in [1.82, 2.24) is 0 Å². The highest BCUT2D eigenvalue weighted by Gasteiger charge is 2.28. The zero-order valence-electron chi connectivity index (χ0n) is 16.2. The van der Waals surface area contributed by atoms with Gasteiger partial charge >= 0.3 is 5.97 Å². The topological polar surface area (TPSA) is 104 Å². The van der Waals surface area contributed by atoms with Crippen molar-refractivity contribution in [1.29, 1.82) is 0 Å². The molecule has 0 spiro atoms. The highest BCUT2D eigenvalue weighted by Crippen LogP contribution is 2.28. The van der Waals surface area contributed by atoms with Gasteiger partial charge in [0.1, 0.15) is 6.54 Å². The maximum Gasteiger partial charge on any atom is 0.325 e. The van der Waals surface area contributed by atoms with Crippen molar-refractivity contribution in [3.8, 4) is 11.5 Å². The number of esters is 1. The summed E-state index contributed by atoms with van der Waals surface area (Å²) in [6.45, 7) is 1.16. The van der Waals surface area contributed by atoms with Crippen LogP contribution in [0, 0.1) is 5.92 Å². The minimum Gasteiger partial charge on any atom is -0.504 e. The molecule has 29 heavy (non-hydrogen) atoms.